The van der Waals surface area contributed by atoms with Crippen LogP contribution in [0, 0.1) is 55.4 Å². The molecule has 2 heteroatoms. The minimum absolute atomic E-state index is 0.542. The van der Waals surface area contributed by atoms with E-state index in [4.69, 9.17) is 9.47 Å². The van der Waals surface area contributed by atoms with Crippen molar-refractivity contribution in [1.82, 2.24) is 0 Å². The predicted octanol–water partition coefficient (Wildman–Crippen LogP) is 27.9. The van der Waals surface area contributed by atoms with Crippen LogP contribution in [0.1, 0.15) is 84.0 Å². The molecule has 486 valence electrons. The molecule has 19 aromatic rings. The fourth-order valence-corrected chi connectivity index (χ4v) is 16.1. The lowest BCUT2D eigenvalue weighted by Crippen LogP contribution is -2.06. The highest BCUT2D eigenvalue weighted by Crippen LogP contribution is 2.62. The molecule has 0 heterocycles. The van der Waals surface area contributed by atoms with E-state index in [1.165, 1.54) is 198 Å². The van der Waals surface area contributed by atoms with Crippen LogP contribution < -0.4 is 9.47 Å². The first kappa shape index (κ1) is 62.5. The molecule has 0 unspecified atom stereocenters. The molecular formula is C98H82O2. The van der Waals surface area contributed by atoms with Gasteiger partial charge in [-0.3, -0.25) is 0 Å². The van der Waals surface area contributed by atoms with Crippen molar-refractivity contribution in [2.45, 2.75) is 94.9 Å². The van der Waals surface area contributed by atoms with Gasteiger partial charge in [-0.15, -0.1) is 0 Å². The Morgan fingerprint density at radius 2 is 0.330 bits per heavy atom. The van der Waals surface area contributed by atoms with Gasteiger partial charge in [0.2, 0.25) is 0 Å². The Hall–Kier alpha value is -11.1. The van der Waals surface area contributed by atoms with Gasteiger partial charge in [-0.05, 0) is 249 Å². The van der Waals surface area contributed by atoms with Crippen LogP contribution in [0.3, 0.4) is 0 Å². The molecule has 100 heavy (non-hydrogen) atoms. The lowest BCUT2D eigenvalue weighted by atomic mass is 9.76. The second-order valence-corrected chi connectivity index (χ2v) is 28.8. The van der Waals surface area contributed by atoms with Gasteiger partial charge in [-0.25, -0.2) is 0 Å². The average Bonchev–Trinajstić information content (AvgIpc) is 0.661. The third-order valence-corrected chi connectivity index (χ3v) is 21.6. The van der Waals surface area contributed by atoms with E-state index in [9.17, 15) is 0 Å². The lowest BCUT2D eigenvalue weighted by Gasteiger charge is -2.29. The Labute approximate surface area is 587 Å². The van der Waals surface area contributed by atoms with Gasteiger partial charge < -0.3 is 9.47 Å². The van der Waals surface area contributed by atoms with Crippen molar-refractivity contribution in [2.24, 2.45) is 0 Å². The Morgan fingerprint density at radius 3 is 0.460 bits per heavy atom. The van der Waals surface area contributed by atoms with Crippen LogP contribution in [-0.4, -0.2) is 13.2 Å². The van der Waals surface area contributed by atoms with E-state index in [-0.39, 0.29) is 0 Å². The van der Waals surface area contributed by atoms with Gasteiger partial charge in [0.25, 0.3) is 0 Å². The summed E-state index contributed by atoms with van der Waals surface area (Å²) in [5, 5.41) is 18.8. The molecule has 4 bridgehead atoms. The van der Waals surface area contributed by atoms with Gasteiger partial charge in [-0.2, -0.15) is 0 Å². The fraction of sp³-hybridized carbons (Fsp3) is 0.163. The Morgan fingerprint density at radius 1 is 0.190 bits per heavy atom. The van der Waals surface area contributed by atoms with Gasteiger partial charge >= 0.3 is 0 Å². The van der Waals surface area contributed by atoms with E-state index in [1.54, 1.807) is 0 Å². The zero-order chi connectivity index (χ0) is 68.2. The third-order valence-electron chi connectivity index (χ3n) is 21.6. The highest BCUT2D eigenvalue weighted by Gasteiger charge is 2.34. The molecule has 0 fully saturated rings. The Bertz CT molecular complexity index is 4960. The molecule has 2 nitrogen and oxygen atoms in total. The van der Waals surface area contributed by atoms with Gasteiger partial charge in [0, 0.05) is 43.1 Å². The summed E-state index contributed by atoms with van der Waals surface area (Å²) in [5.41, 5.74) is 28.9. The summed E-state index contributed by atoms with van der Waals surface area (Å²) in [6.07, 6.45) is 3.74. The molecule has 0 aliphatic heterocycles. The van der Waals surface area contributed by atoms with Crippen molar-refractivity contribution in [1.29, 1.82) is 0 Å². The molecule has 0 spiro atoms. The zero-order valence-electron chi connectivity index (χ0n) is 59.2. The van der Waals surface area contributed by atoms with Crippen LogP contribution >= 0.6 is 0 Å². The molecular weight excluding hydrogens is 1210 g/mol. The number of hydrogen-bond donors (Lipinski definition) is 0. The maximum Gasteiger partial charge on any atom is 0.136 e. The van der Waals surface area contributed by atoms with Crippen LogP contribution in [0.15, 0.2) is 243 Å². The predicted molar refractivity (Wildman–Crippen MR) is 431 cm³/mol. The smallest absolute Gasteiger partial charge is 0.136 e. The van der Waals surface area contributed by atoms with Gasteiger partial charge in [0.05, 0.1) is 13.2 Å². The van der Waals surface area contributed by atoms with E-state index >= 15 is 0 Å². The summed E-state index contributed by atoms with van der Waals surface area (Å²) in [5.74, 6) is 1.85. The van der Waals surface area contributed by atoms with Crippen molar-refractivity contribution in [3.8, 4) is 101 Å². The van der Waals surface area contributed by atoms with Crippen molar-refractivity contribution in [3.63, 3.8) is 0 Å². The van der Waals surface area contributed by atoms with Gasteiger partial charge in [-0.1, -0.05) is 265 Å². The summed E-state index contributed by atoms with van der Waals surface area (Å²) in [7, 11) is 0. The molecule has 19 rings (SSSR count). The summed E-state index contributed by atoms with van der Waals surface area (Å²) >= 11 is 0. The van der Waals surface area contributed by atoms with Crippen molar-refractivity contribution < 1.29 is 9.47 Å². The van der Waals surface area contributed by atoms with Gasteiger partial charge in [0.1, 0.15) is 11.5 Å². The number of benzene rings is 19. The lowest BCUT2D eigenvalue weighted by molar-refractivity contribution is 0.312. The molecule has 0 amide bonds. The highest BCUT2D eigenvalue weighted by atomic mass is 16.5. The maximum atomic E-state index is 7.99. The van der Waals surface area contributed by atoms with E-state index < -0.39 is 0 Å². The van der Waals surface area contributed by atoms with Gasteiger partial charge in [0.15, 0.2) is 0 Å². The summed E-state index contributed by atoms with van der Waals surface area (Å²) < 4.78 is 16.0. The molecule has 0 saturated carbocycles. The first-order valence-corrected chi connectivity index (χ1v) is 36.1. The van der Waals surface area contributed by atoms with Crippen molar-refractivity contribution >= 4 is 86.2 Å². The number of unbranched alkanes of at least 4 members (excludes halogenated alkanes) is 2. The second kappa shape index (κ2) is 25.0. The summed E-state index contributed by atoms with van der Waals surface area (Å²) in [6.45, 7) is 23.1. The molecule has 0 N–H and O–H groups in total. The third kappa shape index (κ3) is 10.5. The second-order valence-electron chi connectivity index (χ2n) is 28.8. The van der Waals surface area contributed by atoms with E-state index in [0.717, 1.165) is 58.7 Å². The first-order valence-electron chi connectivity index (χ1n) is 36.1. The normalized spacial score (nSPS) is 11.9. The molecule has 0 radical (unpaired) electrons. The molecule has 0 saturated heterocycles. The van der Waals surface area contributed by atoms with Crippen LogP contribution in [0.2, 0.25) is 0 Å². The Balaban J connectivity index is 1.16. The molecule has 0 aromatic heterocycles. The minimum atomic E-state index is 0.542. The number of aryl methyl sites for hydroxylation is 8. The van der Waals surface area contributed by atoms with Crippen LogP contribution in [-0.2, 0) is 0 Å². The number of rotatable bonds is 16. The van der Waals surface area contributed by atoms with E-state index in [1.807, 2.05) is 0 Å². The van der Waals surface area contributed by atoms with Crippen LogP contribution in [0.25, 0.3) is 175 Å². The van der Waals surface area contributed by atoms with E-state index in [0.29, 0.717) is 13.2 Å². The molecule has 0 aliphatic carbocycles. The SMILES string of the molecule is CCCCOc1c2c(c(OCCCC)c3c1c1c4cc(-c5ccc(C)cc5)c(-c5ccc(C)cc5)cc4c3c3cc(-c4ccc(C)cc4)c(-c4ccc(C)cc4)cc31)c1c3cc(-c4ccc(C)cc4)c(-c4ccc(C)cc4)cc3c2c2cc(-c3ccc(C)cc3)c(-c3ccc(C)cc3)cc21. The topological polar surface area (TPSA) is 18.5 Å². The average molecular weight is 1290 g/mol. The van der Waals surface area contributed by atoms with Crippen molar-refractivity contribution in [2.75, 3.05) is 13.2 Å². The number of hydrogen-bond acceptors (Lipinski definition) is 2. The largest absolute Gasteiger partial charge is 0.492 e. The maximum absolute atomic E-state index is 7.99. The van der Waals surface area contributed by atoms with Crippen LogP contribution in [0.5, 0.6) is 11.5 Å². The molecule has 0 aliphatic rings. The summed E-state index contributed by atoms with van der Waals surface area (Å²) in [4.78, 5) is 0. The quantitative estimate of drug-likeness (QED) is 0.0709. The monoisotopic (exact) mass is 1290 g/mol. The van der Waals surface area contributed by atoms with Crippen LogP contribution in [0.4, 0.5) is 0 Å². The van der Waals surface area contributed by atoms with E-state index in [2.05, 4.69) is 312 Å². The minimum Gasteiger partial charge on any atom is -0.492 e. The standard InChI is InChI=1S/C98H82O2/c1-11-13-47-99-97-93-89-81-49-73(65-31-15-57(3)16-32-65)77(69-39-23-61(7)24-40-69)53-85(81)91(86-54-78(70-41-25-62(8)26-42-70)74(50-82(86)89)66-33-17-58(4)18-34-66)95(93)98(100-48-14-12-2)96-92-87-55-79(71-43-27-63(9)28-44-71)75(67-35-19-59(5)20-36-67)51-83(87)90(94(96)97)84-52-76(68-37-21-60(6)22-38-68)80(56-88(84)92)72-45-29-64(10)30-46-72/h15-46,49-56H,11-14,47-48H2,1-10H3. The highest BCUT2D eigenvalue weighted by molar-refractivity contribution is 6.50. The molecule has 19 aromatic carbocycles. The molecule has 0 atom stereocenters. The number of ether oxygens (including phenoxy) is 2. The zero-order valence-corrected chi connectivity index (χ0v) is 59.2. The fourth-order valence-electron chi connectivity index (χ4n) is 16.1. The Kier molecular flexibility index (Phi) is 15.6. The summed E-state index contributed by atoms with van der Waals surface area (Å²) in [6, 6.07) is 93.7. The van der Waals surface area contributed by atoms with Crippen molar-refractivity contribution in [3.05, 3.63) is 287 Å². The first-order chi connectivity index (χ1) is 48.8.